The Hall–Kier alpha value is -0.138. The first-order valence-corrected chi connectivity index (χ1v) is 2.29. The molecule has 0 spiro atoms. The molecule has 0 atom stereocenters. The summed E-state index contributed by atoms with van der Waals surface area (Å²) in [7, 11) is 1.69. The van der Waals surface area contributed by atoms with Gasteiger partial charge in [-0.05, 0) is 0 Å². The van der Waals surface area contributed by atoms with Gasteiger partial charge >= 0.3 is 27.3 Å². The van der Waals surface area contributed by atoms with Crippen molar-refractivity contribution in [3.05, 3.63) is 0 Å². The fourth-order valence-electron chi connectivity index (χ4n) is 0.561. The Bertz CT molecular complexity index is 147. The molecule has 0 aromatic rings. The van der Waals surface area contributed by atoms with E-state index < -0.39 is 0 Å². The standard InChI is InChI=1S/C4H7N3O.Pb.2H/c1-7-2-3(8)6-4(7)5;;;/h2H2,1H3,(H2,5,6,8);;;. The van der Waals surface area contributed by atoms with Gasteiger partial charge in [-0.3, -0.25) is 15.5 Å². The molecular formula is C4H9N3OPb. The Balaban J connectivity index is 0.000000640. The van der Waals surface area contributed by atoms with Crippen LogP contribution in [-0.4, -0.2) is 57.7 Å². The number of likely N-dealkylation sites (N-methyl/N-ethyl adjacent to an activating group) is 1. The SMILES string of the molecule is CN1CC(=O)NC1=N.[PbH2]. The Labute approximate surface area is 73.3 Å². The predicted octanol–water partition coefficient (Wildman–Crippen LogP) is -1.93. The molecular weight excluding hydrogens is 313 g/mol. The van der Waals surface area contributed by atoms with Crippen LogP contribution in [0.1, 0.15) is 0 Å². The summed E-state index contributed by atoms with van der Waals surface area (Å²) >= 11 is 0. The number of rotatable bonds is 0. The number of nitrogens with zero attached hydrogens (tertiary/aromatic N) is 1. The van der Waals surface area contributed by atoms with Crippen LogP contribution >= 0.6 is 0 Å². The van der Waals surface area contributed by atoms with Crippen molar-refractivity contribution in [1.82, 2.24) is 10.2 Å². The third kappa shape index (κ3) is 1.92. The molecule has 1 fully saturated rings. The minimum atomic E-state index is -0.0995. The van der Waals surface area contributed by atoms with E-state index in [0.29, 0.717) is 6.54 Å². The summed E-state index contributed by atoms with van der Waals surface area (Å²) in [5.74, 6) is 0.0903. The van der Waals surface area contributed by atoms with Gasteiger partial charge in [-0.2, -0.15) is 0 Å². The van der Waals surface area contributed by atoms with E-state index in [-0.39, 0.29) is 39.2 Å². The van der Waals surface area contributed by atoms with Crippen molar-refractivity contribution in [2.24, 2.45) is 0 Å². The van der Waals surface area contributed by atoms with E-state index in [1.807, 2.05) is 0 Å². The maximum absolute atomic E-state index is 10.4. The molecule has 50 valence electrons. The molecule has 1 aliphatic heterocycles. The van der Waals surface area contributed by atoms with Gasteiger partial charge in [0.2, 0.25) is 5.91 Å². The Morgan fingerprint density at radius 2 is 2.33 bits per heavy atom. The molecule has 4 nitrogen and oxygen atoms in total. The van der Waals surface area contributed by atoms with Crippen molar-refractivity contribution in [2.45, 2.75) is 0 Å². The van der Waals surface area contributed by atoms with Crippen LogP contribution in [0.4, 0.5) is 0 Å². The van der Waals surface area contributed by atoms with Crippen molar-refractivity contribution >= 4 is 39.2 Å². The average Bonchev–Trinajstić information content (AvgIpc) is 1.85. The van der Waals surface area contributed by atoms with Gasteiger partial charge in [0.25, 0.3) is 0 Å². The zero-order valence-corrected chi connectivity index (χ0v) is 10.8. The van der Waals surface area contributed by atoms with E-state index in [4.69, 9.17) is 5.41 Å². The van der Waals surface area contributed by atoms with Crippen LogP contribution < -0.4 is 5.32 Å². The first kappa shape index (κ1) is 8.86. The van der Waals surface area contributed by atoms with Crippen LogP contribution in [0, 0.1) is 5.41 Å². The van der Waals surface area contributed by atoms with Crippen LogP contribution in [0.3, 0.4) is 0 Å². The number of amides is 1. The van der Waals surface area contributed by atoms with Crippen LogP contribution in [-0.2, 0) is 4.79 Å². The second kappa shape index (κ2) is 3.14. The van der Waals surface area contributed by atoms with E-state index in [0.717, 1.165) is 0 Å². The number of nitrogens with one attached hydrogen (secondary N) is 2. The van der Waals surface area contributed by atoms with Gasteiger partial charge in [-0.15, -0.1) is 0 Å². The maximum atomic E-state index is 10.4. The Kier molecular flexibility index (Phi) is 3.09. The summed E-state index contributed by atoms with van der Waals surface area (Å²) in [6, 6.07) is 0. The van der Waals surface area contributed by atoms with E-state index in [2.05, 4.69) is 5.32 Å². The number of hydrogen-bond acceptors (Lipinski definition) is 2. The van der Waals surface area contributed by atoms with E-state index in [1.54, 1.807) is 11.9 Å². The third-order valence-electron chi connectivity index (χ3n) is 1.02. The fraction of sp³-hybridized carbons (Fsp3) is 0.500. The molecule has 9 heavy (non-hydrogen) atoms. The molecule has 0 aromatic carbocycles. The van der Waals surface area contributed by atoms with Crippen LogP contribution in [0.25, 0.3) is 0 Å². The van der Waals surface area contributed by atoms with Crippen molar-refractivity contribution < 1.29 is 4.79 Å². The molecule has 1 amide bonds. The molecule has 2 N–H and O–H groups in total. The molecule has 0 bridgehead atoms. The molecule has 0 aromatic heterocycles. The molecule has 0 saturated carbocycles. The molecule has 1 rings (SSSR count). The van der Waals surface area contributed by atoms with Gasteiger partial charge in [-0.25, -0.2) is 0 Å². The first-order valence-electron chi connectivity index (χ1n) is 2.29. The topological polar surface area (TPSA) is 56.2 Å². The van der Waals surface area contributed by atoms with E-state index in [1.165, 1.54) is 0 Å². The summed E-state index contributed by atoms with van der Waals surface area (Å²) in [6.45, 7) is 0.318. The zero-order chi connectivity index (χ0) is 6.15. The number of carbonyl (C=O) groups is 1. The van der Waals surface area contributed by atoms with Gasteiger partial charge in [0, 0.05) is 7.05 Å². The van der Waals surface area contributed by atoms with Gasteiger partial charge in [-0.1, -0.05) is 0 Å². The number of hydrogen-bond donors (Lipinski definition) is 2. The number of carbonyl (C=O) groups excluding carboxylic acids is 1. The van der Waals surface area contributed by atoms with E-state index >= 15 is 0 Å². The summed E-state index contributed by atoms with van der Waals surface area (Å²) in [6.07, 6.45) is 0. The normalized spacial score (nSPS) is 17.2. The molecule has 1 aliphatic rings. The van der Waals surface area contributed by atoms with E-state index in [9.17, 15) is 4.79 Å². The van der Waals surface area contributed by atoms with Gasteiger partial charge in [0.05, 0.1) is 6.54 Å². The van der Waals surface area contributed by atoms with Crippen LogP contribution in [0.5, 0.6) is 0 Å². The third-order valence-corrected chi connectivity index (χ3v) is 1.02. The minimum absolute atomic E-state index is 0. The molecule has 5 heteroatoms. The molecule has 1 saturated heterocycles. The van der Waals surface area contributed by atoms with Crippen molar-refractivity contribution in [1.29, 1.82) is 5.41 Å². The molecule has 2 radical (unpaired) electrons. The zero-order valence-electron chi connectivity index (χ0n) is 5.27. The molecule has 1 heterocycles. The summed E-state index contributed by atoms with van der Waals surface area (Å²) in [5, 5.41) is 9.32. The summed E-state index contributed by atoms with van der Waals surface area (Å²) in [5.41, 5.74) is 0. The summed E-state index contributed by atoms with van der Waals surface area (Å²) < 4.78 is 0. The average molecular weight is 322 g/mol. The van der Waals surface area contributed by atoms with Crippen LogP contribution in [0.15, 0.2) is 0 Å². The summed E-state index contributed by atoms with van der Waals surface area (Å²) in [4.78, 5) is 11.9. The predicted molar refractivity (Wildman–Crippen MR) is 37.0 cm³/mol. The second-order valence-corrected chi connectivity index (χ2v) is 1.75. The van der Waals surface area contributed by atoms with Crippen molar-refractivity contribution in [3.8, 4) is 0 Å². The monoisotopic (exact) mass is 323 g/mol. The second-order valence-electron chi connectivity index (χ2n) is 1.75. The fourth-order valence-corrected chi connectivity index (χ4v) is 0.561. The van der Waals surface area contributed by atoms with Crippen molar-refractivity contribution in [3.63, 3.8) is 0 Å². The van der Waals surface area contributed by atoms with Crippen molar-refractivity contribution in [2.75, 3.05) is 13.6 Å². The molecule has 0 aliphatic carbocycles. The van der Waals surface area contributed by atoms with Gasteiger partial charge in [0.1, 0.15) is 0 Å². The Morgan fingerprint density at radius 1 is 1.78 bits per heavy atom. The Morgan fingerprint density at radius 3 is 2.44 bits per heavy atom. The first-order chi connectivity index (χ1) is 3.70. The quantitative estimate of drug-likeness (QED) is 0.510. The van der Waals surface area contributed by atoms with Gasteiger partial charge in [0.15, 0.2) is 5.96 Å². The molecule has 0 unspecified atom stereocenters. The number of guanidine groups is 1. The van der Waals surface area contributed by atoms with Crippen LogP contribution in [0.2, 0.25) is 0 Å². The van der Waals surface area contributed by atoms with Gasteiger partial charge < -0.3 is 4.90 Å².